The van der Waals surface area contributed by atoms with Crippen LogP contribution >= 0.6 is 0 Å². The van der Waals surface area contributed by atoms with E-state index in [1.807, 2.05) is 0 Å². The minimum atomic E-state index is -0.944. The Morgan fingerprint density at radius 2 is 1.69 bits per heavy atom. The summed E-state index contributed by atoms with van der Waals surface area (Å²) in [6.45, 7) is 0. The van der Waals surface area contributed by atoms with Gasteiger partial charge in [0.05, 0.1) is 0 Å². The maximum Gasteiger partial charge on any atom is 0.159 e. The Balaban J connectivity index is 2.58. The Morgan fingerprint density at radius 3 is 2.38 bits per heavy atom. The number of aromatic hydroxyl groups is 1. The van der Waals surface area contributed by atoms with Crippen molar-refractivity contribution < 1.29 is 13.9 Å². The number of nitrogen functional groups attached to an aromatic ring is 1. The fraction of sp³-hybridized carbons (Fsp3) is 0. The molecule has 0 aliphatic rings. The molecule has 0 heterocycles. The van der Waals surface area contributed by atoms with Crippen molar-refractivity contribution in [1.29, 1.82) is 0 Å². The minimum absolute atomic E-state index is 0.0222. The molecule has 0 atom stereocenters. The Kier molecular flexibility index (Phi) is 2.48. The zero-order valence-corrected chi connectivity index (χ0v) is 8.24. The number of benzene rings is 2. The molecule has 2 rings (SSSR count). The summed E-state index contributed by atoms with van der Waals surface area (Å²) in [5, 5.41) is 9.30. The van der Waals surface area contributed by atoms with Crippen LogP contribution in [0, 0.1) is 11.6 Å². The maximum absolute atomic E-state index is 13.0. The van der Waals surface area contributed by atoms with Crippen LogP contribution in [0.25, 0.3) is 11.1 Å². The molecule has 0 spiro atoms. The first kappa shape index (κ1) is 10.4. The molecule has 16 heavy (non-hydrogen) atoms. The van der Waals surface area contributed by atoms with E-state index in [2.05, 4.69) is 0 Å². The van der Waals surface area contributed by atoms with Crippen molar-refractivity contribution in [1.82, 2.24) is 0 Å². The van der Waals surface area contributed by atoms with E-state index in [9.17, 15) is 13.9 Å². The summed E-state index contributed by atoms with van der Waals surface area (Å²) in [4.78, 5) is 0. The highest BCUT2D eigenvalue weighted by atomic mass is 19.2. The van der Waals surface area contributed by atoms with Crippen LogP contribution in [0.3, 0.4) is 0 Å². The lowest BCUT2D eigenvalue weighted by molar-refractivity contribution is 0.475. The smallest absolute Gasteiger partial charge is 0.159 e. The molecule has 2 nitrogen and oxygen atoms in total. The monoisotopic (exact) mass is 221 g/mol. The number of hydrogen-bond donors (Lipinski definition) is 2. The molecule has 0 fully saturated rings. The lowest BCUT2D eigenvalue weighted by Crippen LogP contribution is -1.91. The van der Waals surface area contributed by atoms with Crippen molar-refractivity contribution in [3.8, 4) is 16.9 Å². The molecule has 0 bridgehead atoms. The minimum Gasteiger partial charge on any atom is -0.508 e. The van der Waals surface area contributed by atoms with Gasteiger partial charge in [-0.05, 0) is 35.9 Å². The second-order valence-corrected chi connectivity index (χ2v) is 3.40. The molecule has 0 saturated carbocycles. The predicted molar refractivity (Wildman–Crippen MR) is 57.9 cm³/mol. The molecule has 2 aromatic rings. The van der Waals surface area contributed by atoms with Gasteiger partial charge in [0, 0.05) is 11.3 Å². The van der Waals surface area contributed by atoms with Crippen LogP contribution in [0.5, 0.6) is 5.75 Å². The summed E-state index contributed by atoms with van der Waals surface area (Å²) >= 11 is 0. The third-order valence-corrected chi connectivity index (χ3v) is 2.27. The number of phenols is 1. The van der Waals surface area contributed by atoms with Gasteiger partial charge in [-0.3, -0.25) is 0 Å². The van der Waals surface area contributed by atoms with E-state index in [1.165, 1.54) is 24.3 Å². The summed E-state index contributed by atoms with van der Waals surface area (Å²) < 4.78 is 25.8. The summed E-state index contributed by atoms with van der Waals surface area (Å²) in [6, 6.07) is 7.81. The van der Waals surface area contributed by atoms with Crippen LogP contribution in [-0.2, 0) is 0 Å². The van der Waals surface area contributed by atoms with Crippen molar-refractivity contribution in [3.63, 3.8) is 0 Å². The SMILES string of the molecule is Nc1ccc(O)cc1-c1ccc(F)c(F)c1. The Labute approximate surface area is 91.0 Å². The first-order valence-electron chi connectivity index (χ1n) is 4.62. The Bertz CT molecular complexity index is 541. The van der Waals surface area contributed by atoms with Gasteiger partial charge in [0.2, 0.25) is 0 Å². The highest BCUT2D eigenvalue weighted by Gasteiger charge is 2.07. The van der Waals surface area contributed by atoms with E-state index >= 15 is 0 Å². The van der Waals surface area contributed by atoms with Crippen LogP contribution in [0.15, 0.2) is 36.4 Å². The van der Waals surface area contributed by atoms with Gasteiger partial charge >= 0.3 is 0 Å². The van der Waals surface area contributed by atoms with Crippen molar-refractivity contribution in [2.24, 2.45) is 0 Å². The zero-order valence-electron chi connectivity index (χ0n) is 8.24. The molecule has 3 N–H and O–H groups in total. The molecule has 2 aromatic carbocycles. The van der Waals surface area contributed by atoms with Crippen molar-refractivity contribution >= 4 is 5.69 Å². The summed E-state index contributed by atoms with van der Waals surface area (Å²) in [5.41, 5.74) is 6.97. The number of rotatable bonds is 1. The highest BCUT2D eigenvalue weighted by Crippen LogP contribution is 2.30. The predicted octanol–water partition coefficient (Wildman–Crippen LogP) is 2.92. The summed E-state index contributed by atoms with van der Waals surface area (Å²) in [6.07, 6.45) is 0. The summed E-state index contributed by atoms with van der Waals surface area (Å²) in [7, 11) is 0. The van der Waals surface area contributed by atoms with Crippen LogP contribution in [-0.4, -0.2) is 5.11 Å². The second-order valence-electron chi connectivity index (χ2n) is 3.40. The molecule has 0 unspecified atom stereocenters. The highest BCUT2D eigenvalue weighted by molar-refractivity contribution is 5.77. The number of halogens is 2. The third-order valence-electron chi connectivity index (χ3n) is 2.27. The molecule has 82 valence electrons. The van der Waals surface area contributed by atoms with Crippen molar-refractivity contribution in [2.45, 2.75) is 0 Å². The quantitative estimate of drug-likeness (QED) is 0.574. The molecular formula is C12H9F2NO. The van der Waals surface area contributed by atoms with Crippen molar-refractivity contribution in [3.05, 3.63) is 48.0 Å². The topological polar surface area (TPSA) is 46.2 Å². The lowest BCUT2D eigenvalue weighted by atomic mass is 10.0. The fourth-order valence-corrected chi connectivity index (χ4v) is 1.46. The van der Waals surface area contributed by atoms with Crippen LogP contribution < -0.4 is 5.73 Å². The first-order valence-corrected chi connectivity index (χ1v) is 4.62. The van der Waals surface area contributed by atoms with Crippen molar-refractivity contribution in [2.75, 3.05) is 5.73 Å². The van der Waals surface area contributed by atoms with Gasteiger partial charge in [0.25, 0.3) is 0 Å². The van der Waals surface area contributed by atoms with Gasteiger partial charge < -0.3 is 10.8 Å². The Hall–Kier alpha value is -2.10. The van der Waals surface area contributed by atoms with Crippen LogP contribution in [0.1, 0.15) is 0 Å². The molecule has 0 aromatic heterocycles. The van der Waals surface area contributed by atoms with Crippen LogP contribution in [0.4, 0.5) is 14.5 Å². The Morgan fingerprint density at radius 1 is 0.938 bits per heavy atom. The average molecular weight is 221 g/mol. The van der Waals surface area contributed by atoms with Crippen LogP contribution in [0.2, 0.25) is 0 Å². The standard InChI is InChI=1S/C12H9F2NO/c13-10-3-1-7(5-11(10)14)9-6-8(16)2-4-12(9)15/h1-6,16H,15H2. The largest absolute Gasteiger partial charge is 0.508 e. The molecule has 0 amide bonds. The van der Waals surface area contributed by atoms with Gasteiger partial charge in [0.15, 0.2) is 11.6 Å². The summed E-state index contributed by atoms with van der Waals surface area (Å²) in [5.74, 6) is -1.84. The van der Waals surface area contributed by atoms with Gasteiger partial charge in [0.1, 0.15) is 5.75 Å². The van der Waals surface area contributed by atoms with E-state index in [0.29, 0.717) is 16.8 Å². The number of anilines is 1. The molecular weight excluding hydrogens is 212 g/mol. The third kappa shape index (κ3) is 1.82. The molecule has 0 aliphatic carbocycles. The van der Waals surface area contributed by atoms with Gasteiger partial charge in [-0.15, -0.1) is 0 Å². The number of nitrogens with two attached hydrogens (primary N) is 1. The normalized spacial score (nSPS) is 10.4. The molecule has 0 saturated heterocycles. The van der Waals surface area contributed by atoms with E-state index in [0.717, 1.165) is 12.1 Å². The molecule has 4 heteroatoms. The van der Waals surface area contributed by atoms with Gasteiger partial charge in [-0.25, -0.2) is 8.78 Å². The van der Waals surface area contributed by atoms with E-state index in [4.69, 9.17) is 5.73 Å². The number of hydrogen-bond acceptors (Lipinski definition) is 2. The number of phenolic OH excluding ortho intramolecular Hbond substituents is 1. The van der Waals surface area contributed by atoms with Gasteiger partial charge in [-0.1, -0.05) is 6.07 Å². The van der Waals surface area contributed by atoms with E-state index < -0.39 is 11.6 Å². The fourth-order valence-electron chi connectivity index (χ4n) is 1.46. The van der Waals surface area contributed by atoms with E-state index in [-0.39, 0.29) is 5.75 Å². The zero-order chi connectivity index (χ0) is 11.7. The first-order chi connectivity index (χ1) is 7.58. The molecule has 0 aliphatic heterocycles. The second kappa shape index (κ2) is 3.81. The average Bonchev–Trinajstić information content (AvgIpc) is 2.26. The lowest BCUT2D eigenvalue weighted by Gasteiger charge is -2.06. The molecule has 0 radical (unpaired) electrons. The van der Waals surface area contributed by atoms with Gasteiger partial charge in [-0.2, -0.15) is 0 Å². The maximum atomic E-state index is 13.0. The van der Waals surface area contributed by atoms with E-state index in [1.54, 1.807) is 0 Å².